The highest BCUT2D eigenvalue weighted by Crippen LogP contribution is 2.63. The molecule has 0 heterocycles. The van der Waals surface area contributed by atoms with Gasteiger partial charge < -0.3 is 25.2 Å². The van der Waals surface area contributed by atoms with Gasteiger partial charge in [-0.3, -0.25) is 4.79 Å². The van der Waals surface area contributed by atoms with E-state index in [2.05, 4.69) is 34.9 Å². The van der Waals surface area contributed by atoms with Crippen molar-refractivity contribution in [3.63, 3.8) is 0 Å². The number of amides is 2. The van der Waals surface area contributed by atoms with E-state index < -0.39 is 23.0 Å². The molecule has 3 aliphatic carbocycles. The summed E-state index contributed by atoms with van der Waals surface area (Å²) < 4.78 is 10.6. The summed E-state index contributed by atoms with van der Waals surface area (Å²) in [7, 11) is 1.40. The quantitative estimate of drug-likeness (QED) is 0.537. The van der Waals surface area contributed by atoms with Gasteiger partial charge in [-0.05, 0) is 54.4 Å². The Balaban J connectivity index is 1.18. The van der Waals surface area contributed by atoms with Gasteiger partial charge in [-0.25, -0.2) is 9.59 Å². The summed E-state index contributed by atoms with van der Waals surface area (Å²) in [5, 5.41) is 15.1. The van der Waals surface area contributed by atoms with Crippen LogP contribution < -0.4 is 10.6 Å². The van der Waals surface area contributed by atoms with Crippen LogP contribution in [0.3, 0.4) is 0 Å². The van der Waals surface area contributed by atoms with E-state index in [1.54, 1.807) is 0 Å². The van der Waals surface area contributed by atoms with Crippen molar-refractivity contribution in [1.29, 1.82) is 0 Å². The number of methoxy groups -OCH3 is 1. The average molecular weight is 479 g/mol. The third kappa shape index (κ3) is 4.05. The zero-order valence-corrected chi connectivity index (χ0v) is 19.9. The summed E-state index contributed by atoms with van der Waals surface area (Å²) >= 11 is 0. The highest BCUT2D eigenvalue weighted by molar-refractivity contribution is 5.92. The van der Waals surface area contributed by atoms with E-state index in [9.17, 15) is 19.5 Å². The van der Waals surface area contributed by atoms with Crippen molar-refractivity contribution in [3.05, 3.63) is 59.7 Å². The van der Waals surface area contributed by atoms with Crippen molar-refractivity contribution >= 4 is 18.0 Å². The first kappa shape index (κ1) is 23.4. The van der Waals surface area contributed by atoms with Crippen LogP contribution in [0.4, 0.5) is 4.79 Å². The van der Waals surface area contributed by atoms with Gasteiger partial charge in [0, 0.05) is 19.1 Å². The Morgan fingerprint density at radius 2 is 1.69 bits per heavy atom. The van der Waals surface area contributed by atoms with Crippen LogP contribution >= 0.6 is 0 Å². The maximum Gasteiger partial charge on any atom is 0.407 e. The molecule has 0 spiro atoms. The minimum Gasteiger partial charge on any atom is -0.479 e. The standard InChI is InChI=1S/C27H30N2O6/c1-26(15-34-2,24(31)32)29-23(30)27-12-16(27)11-17(13-27)28-25(33)35-14-22-20-9-5-3-7-18(20)19-8-4-6-10-21(19)22/h3-10,16-17,22H,11-15H2,1-2H3,(H,28,33)(H,29,30)(H,31,32)/t16-,17+,26?,27+/m1/s1. The summed E-state index contributed by atoms with van der Waals surface area (Å²) in [6.07, 6.45) is 1.34. The van der Waals surface area contributed by atoms with Crippen LogP contribution in [0.25, 0.3) is 11.1 Å². The third-order valence-electron chi connectivity index (χ3n) is 7.82. The van der Waals surface area contributed by atoms with Crippen molar-refractivity contribution in [2.45, 2.75) is 43.7 Å². The molecule has 2 fully saturated rings. The number of ether oxygens (including phenoxy) is 2. The lowest BCUT2D eigenvalue weighted by atomic mass is 9.97. The topological polar surface area (TPSA) is 114 Å². The third-order valence-corrected chi connectivity index (χ3v) is 7.82. The number of fused-ring (bicyclic) bond motifs is 4. The Labute approximate surface area is 204 Å². The van der Waals surface area contributed by atoms with Gasteiger partial charge in [0.15, 0.2) is 5.54 Å². The maximum atomic E-state index is 13.0. The van der Waals surface area contributed by atoms with E-state index in [4.69, 9.17) is 9.47 Å². The predicted molar refractivity (Wildman–Crippen MR) is 128 cm³/mol. The lowest BCUT2D eigenvalue weighted by Crippen LogP contribution is -2.57. The number of nitrogens with one attached hydrogen (secondary N) is 2. The number of aliphatic carboxylic acids is 1. The molecular weight excluding hydrogens is 448 g/mol. The normalized spacial score (nSPS) is 25.5. The van der Waals surface area contributed by atoms with E-state index >= 15 is 0 Å². The van der Waals surface area contributed by atoms with Crippen molar-refractivity contribution in [2.75, 3.05) is 20.3 Å². The fourth-order valence-electron chi connectivity index (χ4n) is 5.91. The van der Waals surface area contributed by atoms with E-state index in [1.807, 2.05) is 24.3 Å². The SMILES string of the molecule is COCC(C)(NC(=O)[C@@]12C[C@@H](NC(=O)OCC3c4ccccc4-c4ccccc43)C[C@@H]1C2)C(=O)O. The monoisotopic (exact) mass is 478 g/mol. The fourth-order valence-corrected chi connectivity index (χ4v) is 5.91. The number of carbonyl (C=O) groups is 3. The zero-order valence-electron chi connectivity index (χ0n) is 19.9. The Kier molecular flexibility index (Phi) is 5.79. The summed E-state index contributed by atoms with van der Waals surface area (Å²) in [5.41, 5.74) is 2.51. The summed E-state index contributed by atoms with van der Waals surface area (Å²) in [6, 6.07) is 16.1. The van der Waals surface area contributed by atoms with Crippen LogP contribution in [0.2, 0.25) is 0 Å². The molecule has 4 atom stereocenters. The van der Waals surface area contributed by atoms with Crippen LogP contribution in [-0.4, -0.2) is 55.0 Å². The Hall–Kier alpha value is -3.39. The van der Waals surface area contributed by atoms with Crippen molar-refractivity contribution in [2.24, 2.45) is 11.3 Å². The average Bonchev–Trinajstić information content (AvgIpc) is 3.26. The molecule has 0 radical (unpaired) electrons. The second-order valence-corrected chi connectivity index (χ2v) is 10.2. The molecule has 2 aromatic carbocycles. The van der Waals surface area contributed by atoms with E-state index in [0.29, 0.717) is 19.3 Å². The van der Waals surface area contributed by atoms with Gasteiger partial charge in [0.1, 0.15) is 6.61 Å². The molecule has 3 N–H and O–H groups in total. The number of benzene rings is 2. The van der Waals surface area contributed by atoms with Gasteiger partial charge in [0.2, 0.25) is 5.91 Å². The zero-order chi connectivity index (χ0) is 24.8. The molecular formula is C27H30N2O6. The minimum absolute atomic E-state index is 0.0169. The molecule has 0 saturated heterocycles. The second kappa shape index (κ2) is 8.68. The van der Waals surface area contributed by atoms with Gasteiger partial charge >= 0.3 is 12.1 Å². The highest BCUT2D eigenvalue weighted by atomic mass is 16.5. The second-order valence-electron chi connectivity index (χ2n) is 10.2. The van der Waals surface area contributed by atoms with Gasteiger partial charge in [0.25, 0.3) is 0 Å². The number of carboxylic acid groups (broad SMARTS) is 1. The summed E-state index contributed by atoms with van der Waals surface area (Å²) in [5.74, 6) is -1.33. The number of carbonyl (C=O) groups excluding carboxylic acids is 2. The number of alkyl carbamates (subject to hydrolysis) is 1. The van der Waals surface area contributed by atoms with Crippen LogP contribution in [0.5, 0.6) is 0 Å². The number of hydrogen-bond acceptors (Lipinski definition) is 5. The van der Waals surface area contributed by atoms with Gasteiger partial charge in [-0.15, -0.1) is 0 Å². The molecule has 0 aromatic heterocycles. The number of rotatable bonds is 8. The highest BCUT2D eigenvalue weighted by Gasteiger charge is 2.66. The molecule has 1 unspecified atom stereocenters. The lowest BCUT2D eigenvalue weighted by molar-refractivity contribution is -0.150. The van der Waals surface area contributed by atoms with Crippen molar-refractivity contribution in [3.8, 4) is 11.1 Å². The molecule has 5 rings (SSSR count). The minimum atomic E-state index is -1.49. The number of carboxylic acids is 1. The fraction of sp³-hybridized carbons (Fsp3) is 0.444. The molecule has 0 bridgehead atoms. The van der Waals surface area contributed by atoms with E-state index in [-0.39, 0.29) is 37.0 Å². The molecule has 184 valence electrons. The molecule has 2 saturated carbocycles. The van der Waals surface area contributed by atoms with E-state index in [0.717, 1.165) is 11.1 Å². The Morgan fingerprint density at radius 3 is 2.29 bits per heavy atom. The first-order valence-electron chi connectivity index (χ1n) is 11.9. The number of hydrogen-bond donors (Lipinski definition) is 3. The maximum absolute atomic E-state index is 13.0. The van der Waals surface area contributed by atoms with Crippen LogP contribution in [-0.2, 0) is 19.1 Å². The van der Waals surface area contributed by atoms with Crippen LogP contribution in [0, 0.1) is 11.3 Å². The Bertz CT molecular complexity index is 1140. The summed E-state index contributed by atoms with van der Waals surface area (Å²) in [4.78, 5) is 37.3. The molecule has 35 heavy (non-hydrogen) atoms. The molecule has 2 aromatic rings. The molecule has 2 amide bonds. The smallest absolute Gasteiger partial charge is 0.407 e. The van der Waals surface area contributed by atoms with Crippen LogP contribution in [0.15, 0.2) is 48.5 Å². The summed E-state index contributed by atoms with van der Waals surface area (Å²) in [6.45, 7) is 1.54. The Morgan fingerprint density at radius 1 is 1.06 bits per heavy atom. The molecule has 0 aliphatic heterocycles. The largest absolute Gasteiger partial charge is 0.479 e. The predicted octanol–water partition coefficient (Wildman–Crippen LogP) is 3.30. The van der Waals surface area contributed by atoms with E-state index in [1.165, 1.54) is 25.2 Å². The first-order chi connectivity index (χ1) is 16.8. The van der Waals surface area contributed by atoms with Crippen molar-refractivity contribution in [1.82, 2.24) is 10.6 Å². The first-order valence-corrected chi connectivity index (χ1v) is 11.9. The van der Waals surface area contributed by atoms with Crippen molar-refractivity contribution < 1.29 is 29.0 Å². The van der Waals surface area contributed by atoms with Gasteiger partial charge in [0.05, 0.1) is 12.0 Å². The molecule has 3 aliphatic rings. The molecule has 8 nitrogen and oxygen atoms in total. The van der Waals surface area contributed by atoms with Gasteiger partial charge in [-0.1, -0.05) is 48.5 Å². The lowest BCUT2D eigenvalue weighted by Gasteiger charge is -2.28. The van der Waals surface area contributed by atoms with Gasteiger partial charge in [-0.2, -0.15) is 0 Å². The van der Waals surface area contributed by atoms with Crippen LogP contribution in [0.1, 0.15) is 43.2 Å². The molecule has 8 heteroatoms.